The first kappa shape index (κ1) is 18.4. The van der Waals surface area contributed by atoms with Crippen LogP contribution < -0.4 is 11.5 Å². The lowest BCUT2D eigenvalue weighted by Gasteiger charge is -2.39. The van der Waals surface area contributed by atoms with Gasteiger partial charge in [-0.15, -0.1) is 11.3 Å². The average Bonchev–Trinajstić information content (AvgIpc) is 3.10. The maximum atomic E-state index is 13.4. The van der Waals surface area contributed by atoms with Crippen molar-refractivity contribution in [3.63, 3.8) is 0 Å². The van der Waals surface area contributed by atoms with Gasteiger partial charge in [-0.3, -0.25) is 9.69 Å². The number of nitrogens with zero attached hydrogens (tertiary/aromatic N) is 2. The van der Waals surface area contributed by atoms with E-state index in [4.69, 9.17) is 11.5 Å². The fraction of sp³-hybridized carbons (Fsp3) is 0.368. The van der Waals surface area contributed by atoms with Gasteiger partial charge in [0.2, 0.25) is 5.91 Å². The monoisotopic (exact) mass is 374 g/mol. The normalized spacial score (nSPS) is 23.2. The second-order valence-electron chi connectivity index (χ2n) is 6.79. The molecular formula is C19H23FN4OS. The number of carbonyl (C=O) groups is 1. The number of benzene rings is 1. The van der Waals surface area contributed by atoms with E-state index in [2.05, 4.69) is 11.9 Å². The van der Waals surface area contributed by atoms with Crippen LogP contribution in [0.1, 0.15) is 31.6 Å². The van der Waals surface area contributed by atoms with Crippen molar-refractivity contribution >= 4 is 28.9 Å². The van der Waals surface area contributed by atoms with Crippen LogP contribution in [0.2, 0.25) is 0 Å². The van der Waals surface area contributed by atoms with Gasteiger partial charge in [0.05, 0.1) is 11.6 Å². The minimum absolute atomic E-state index is 0.0113. The van der Waals surface area contributed by atoms with Gasteiger partial charge in [0.1, 0.15) is 11.4 Å². The molecule has 1 amide bonds. The smallest absolute Gasteiger partial charge is 0.234 e. The van der Waals surface area contributed by atoms with Crippen LogP contribution in [-0.4, -0.2) is 23.8 Å². The lowest BCUT2D eigenvalue weighted by atomic mass is 9.79. The molecule has 1 aromatic carbocycles. The van der Waals surface area contributed by atoms with Gasteiger partial charge in [0.25, 0.3) is 0 Å². The van der Waals surface area contributed by atoms with Gasteiger partial charge in [-0.05, 0) is 48.1 Å². The molecule has 2 aromatic rings. The van der Waals surface area contributed by atoms with Crippen LogP contribution in [0.25, 0.3) is 11.1 Å². The van der Waals surface area contributed by atoms with Gasteiger partial charge in [-0.2, -0.15) is 0 Å². The fourth-order valence-corrected chi connectivity index (χ4v) is 4.45. The molecular weight excluding hydrogens is 351 g/mol. The molecule has 2 atom stereocenters. The van der Waals surface area contributed by atoms with Crippen LogP contribution in [-0.2, 0) is 10.3 Å². The highest BCUT2D eigenvalue weighted by Gasteiger charge is 2.46. The first-order valence-corrected chi connectivity index (χ1v) is 9.43. The predicted molar refractivity (Wildman–Crippen MR) is 104 cm³/mol. The number of anilines is 1. The molecule has 0 fully saturated rings. The summed E-state index contributed by atoms with van der Waals surface area (Å²) in [5, 5.41) is 1.98. The highest BCUT2D eigenvalue weighted by Crippen LogP contribution is 2.44. The Kier molecular flexibility index (Phi) is 4.75. The van der Waals surface area contributed by atoms with E-state index in [1.165, 1.54) is 22.3 Å². The molecule has 0 radical (unpaired) electrons. The highest BCUT2D eigenvalue weighted by atomic mass is 32.1. The van der Waals surface area contributed by atoms with Crippen LogP contribution in [0.15, 0.2) is 34.6 Å². The topological polar surface area (TPSA) is 84.7 Å². The van der Waals surface area contributed by atoms with Gasteiger partial charge in [0, 0.05) is 11.9 Å². The summed E-state index contributed by atoms with van der Waals surface area (Å²) < 4.78 is 13.4. The van der Waals surface area contributed by atoms with Crippen LogP contribution in [0.5, 0.6) is 0 Å². The van der Waals surface area contributed by atoms with Crippen molar-refractivity contribution in [2.75, 3.05) is 12.8 Å². The van der Waals surface area contributed by atoms with Crippen LogP contribution >= 0.6 is 11.3 Å². The second-order valence-corrected chi connectivity index (χ2v) is 7.70. The Bertz CT molecular complexity index is 878. The van der Waals surface area contributed by atoms with Gasteiger partial charge in [0.15, 0.2) is 5.96 Å². The zero-order valence-corrected chi connectivity index (χ0v) is 15.9. The Morgan fingerprint density at radius 2 is 2.04 bits per heavy atom. The summed E-state index contributed by atoms with van der Waals surface area (Å²) in [5.41, 5.74) is 12.8. The number of nitrogens with two attached hydrogens (primary N) is 2. The number of hydrogen-bond acceptors (Lipinski definition) is 5. The SMILES string of the molecule is CCC[C@@H]1C(=O)N(C)C(N)=N[C@]1(C)c1cc(-c2ccc(F)c(N)c2)cs1. The van der Waals surface area contributed by atoms with Crippen molar-refractivity contribution in [1.82, 2.24) is 4.90 Å². The molecule has 0 saturated heterocycles. The molecule has 5 nitrogen and oxygen atoms in total. The van der Waals surface area contributed by atoms with Crippen molar-refractivity contribution in [3.8, 4) is 11.1 Å². The average molecular weight is 374 g/mol. The molecule has 2 heterocycles. The number of hydrogen-bond donors (Lipinski definition) is 2. The van der Waals surface area contributed by atoms with Crippen LogP contribution in [0.3, 0.4) is 0 Å². The Morgan fingerprint density at radius 1 is 1.31 bits per heavy atom. The number of halogens is 1. The Labute approximate surface area is 156 Å². The summed E-state index contributed by atoms with van der Waals surface area (Å²) in [5.74, 6) is -0.485. The van der Waals surface area contributed by atoms with E-state index >= 15 is 0 Å². The minimum atomic E-state index is -0.710. The lowest BCUT2D eigenvalue weighted by molar-refractivity contribution is -0.134. The summed E-state index contributed by atoms with van der Waals surface area (Å²) >= 11 is 1.53. The number of thiophene rings is 1. The van der Waals surface area contributed by atoms with Crippen molar-refractivity contribution in [2.45, 2.75) is 32.2 Å². The molecule has 0 spiro atoms. The largest absolute Gasteiger partial charge is 0.396 e. The molecule has 0 unspecified atom stereocenters. The van der Waals surface area contributed by atoms with Gasteiger partial charge >= 0.3 is 0 Å². The number of rotatable bonds is 4. The number of nitrogen functional groups attached to an aromatic ring is 1. The Balaban J connectivity index is 2.05. The molecule has 0 aliphatic carbocycles. The second kappa shape index (κ2) is 6.72. The summed E-state index contributed by atoms with van der Waals surface area (Å²) in [6.07, 6.45) is 1.61. The molecule has 26 heavy (non-hydrogen) atoms. The Morgan fingerprint density at radius 3 is 2.69 bits per heavy atom. The van der Waals surface area contributed by atoms with E-state index in [1.54, 1.807) is 19.2 Å². The summed E-state index contributed by atoms with van der Waals surface area (Å²) in [6.45, 7) is 4.01. The number of guanidine groups is 1. The van der Waals surface area contributed by atoms with E-state index in [1.807, 2.05) is 18.4 Å². The maximum Gasteiger partial charge on any atom is 0.234 e. The molecule has 3 rings (SSSR count). The molecule has 0 saturated carbocycles. The quantitative estimate of drug-likeness (QED) is 0.803. The zero-order chi connectivity index (χ0) is 19.1. The third-order valence-electron chi connectivity index (χ3n) is 5.00. The lowest BCUT2D eigenvalue weighted by Crippen LogP contribution is -2.53. The molecule has 7 heteroatoms. The van der Waals surface area contributed by atoms with E-state index in [0.717, 1.165) is 28.8 Å². The molecule has 4 N–H and O–H groups in total. The summed E-state index contributed by atoms with van der Waals surface area (Å²) in [6, 6.07) is 6.67. The zero-order valence-electron chi connectivity index (χ0n) is 15.1. The van der Waals surface area contributed by atoms with Crippen LogP contribution in [0, 0.1) is 11.7 Å². The summed E-state index contributed by atoms with van der Waals surface area (Å²) in [4.78, 5) is 19.8. The van der Waals surface area contributed by atoms with Gasteiger partial charge < -0.3 is 11.5 Å². The highest BCUT2D eigenvalue weighted by molar-refractivity contribution is 7.10. The summed E-state index contributed by atoms with van der Waals surface area (Å²) in [7, 11) is 1.66. The number of aliphatic imine (C=N–C) groups is 1. The number of amides is 1. The minimum Gasteiger partial charge on any atom is -0.396 e. The molecule has 1 aliphatic heterocycles. The van der Waals surface area contributed by atoms with Crippen molar-refractivity contribution in [3.05, 3.63) is 40.3 Å². The number of carbonyl (C=O) groups excluding carboxylic acids is 1. The molecule has 138 valence electrons. The molecule has 0 bridgehead atoms. The van der Waals surface area contributed by atoms with Crippen LogP contribution in [0.4, 0.5) is 10.1 Å². The van der Waals surface area contributed by atoms with E-state index in [0.29, 0.717) is 0 Å². The first-order chi connectivity index (χ1) is 12.3. The van der Waals surface area contributed by atoms with Gasteiger partial charge in [-0.25, -0.2) is 9.38 Å². The van der Waals surface area contributed by atoms with E-state index in [9.17, 15) is 9.18 Å². The van der Waals surface area contributed by atoms with E-state index < -0.39 is 11.4 Å². The van der Waals surface area contributed by atoms with E-state index in [-0.39, 0.29) is 23.5 Å². The first-order valence-electron chi connectivity index (χ1n) is 8.55. The third-order valence-corrected chi connectivity index (χ3v) is 6.16. The van der Waals surface area contributed by atoms with Crippen molar-refractivity contribution < 1.29 is 9.18 Å². The third kappa shape index (κ3) is 2.96. The Hall–Kier alpha value is -2.41. The maximum absolute atomic E-state index is 13.4. The van der Waals surface area contributed by atoms with Crippen molar-refractivity contribution in [1.29, 1.82) is 0 Å². The predicted octanol–water partition coefficient (Wildman–Crippen LogP) is 3.55. The fourth-order valence-electron chi connectivity index (χ4n) is 3.37. The molecule has 1 aromatic heterocycles. The standard InChI is InChI=1S/C19H23FN4OS/c1-4-5-13-17(25)24(3)18(22)23-19(13,2)16-9-12(10-26-16)11-6-7-14(20)15(21)8-11/h6-10,13H,4-5,21H2,1-3H3,(H2,22,23)/t13-,19+/m1/s1. The molecule has 1 aliphatic rings. The van der Waals surface area contributed by atoms with Gasteiger partial charge in [-0.1, -0.05) is 19.4 Å². The van der Waals surface area contributed by atoms with Crippen molar-refractivity contribution in [2.24, 2.45) is 16.6 Å².